The van der Waals surface area contributed by atoms with Crippen molar-refractivity contribution in [2.75, 3.05) is 19.8 Å². The molecule has 0 bridgehead atoms. The predicted molar refractivity (Wildman–Crippen MR) is 96.0 cm³/mol. The summed E-state index contributed by atoms with van der Waals surface area (Å²) in [6.45, 7) is 3.89. The molecule has 1 atom stereocenters. The number of ether oxygens (including phenoxy) is 1. The van der Waals surface area contributed by atoms with Crippen LogP contribution in [0.1, 0.15) is 51.0 Å². The van der Waals surface area contributed by atoms with E-state index in [-0.39, 0.29) is 23.2 Å². The molecule has 1 aromatic carbocycles. The first-order valence-corrected chi connectivity index (χ1v) is 9.47. The van der Waals surface area contributed by atoms with Crippen LogP contribution in [-0.4, -0.2) is 37.7 Å². The minimum Gasteiger partial charge on any atom is -0.381 e. The van der Waals surface area contributed by atoms with Crippen LogP contribution < -0.4 is 10.6 Å². The number of benzene rings is 1. The molecule has 1 amide bonds. The van der Waals surface area contributed by atoms with E-state index < -0.39 is 0 Å². The number of rotatable bonds is 6. The van der Waals surface area contributed by atoms with E-state index in [9.17, 15) is 9.18 Å². The van der Waals surface area contributed by atoms with Crippen LogP contribution >= 0.6 is 0 Å². The number of amides is 1. The first-order chi connectivity index (χ1) is 12.1. The standard InChI is InChI=1S/C20H29FN2O2/c1-15(19(24)23-18-7-2-3-8-18)22-14-20(9-11-25-12-10-20)16-5-4-6-17(21)13-16/h4-6,13,15,18,22H,2-3,7-12,14H2,1H3,(H,23,24)/t15-/m0/s1. The molecule has 2 fully saturated rings. The third kappa shape index (κ3) is 4.59. The van der Waals surface area contributed by atoms with Crippen LogP contribution in [0.25, 0.3) is 0 Å². The molecule has 1 aromatic rings. The lowest BCUT2D eigenvalue weighted by molar-refractivity contribution is -0.123. The molecule has 3 rings (SSSR count). The fourth-order valence-electron chi connectivity index (χ4n) is 3.99. The summed E-state index contributed by atoms with van der Waals surface area (Å²) in [5.41, 5.74) is 0.814. The third-order valence-electron chi connectivity index (χ3n) is 5.73. The van der Waals surface area contributed by atoms with Crippen LogP contribution in [0.15, 0.2) is 24.3 Å². The van der Waals surface area contributed by atoms with E-state index in [1.165, 1.54) is 18.9 Å². The Labute approximate surface area is 149 Å². The summed E-state index contributed by atoms with van der Waals surface area (Å²) in [6.07, 6.45) is 6.25. The average molecular weight is 348 g/mol. The van der Waals surface area contributed by atoms with Crippen molar-refractivity contribution < 1.29 is 13.9 Å². The van der Waals surface area contributed by atoms with Crippen molar-refractivity contribution >= 4 is 5.91 Å². The highest BCUT2D eigenvalue weighted by Crippen LogP contribution is 2.34. The zero-order chi connectivity index (χ0) is 17.7. The van der Waals surface area contributed by atoms with E-state index in [1.54, 1.807) is 12.1 Å². The molecular weight excluding hydrogens is 319 g/mol. The fourth-order valence-corrected chi connectivity index (χ4v) is 3.99. The second-order valence-electron chi connectivity index (χ2n) is 7.50. The zero-order valence-electron chi connectivity index (χ0n) is 15.0. The van der Waals surface area contributed by atoms with E-state index in [0.717, 1.165) is 31.2 Å². The van der Waals surface area contributed by atoms with Gasteiger partial charge in [0, 0.05) is 31.2 Å². The van der Waals surface area contributed by atoms with E-state index in [4.69, 9.17) is 4.74 Å². The Morgan fingerprint density at radius 2 is 2.04 bits per heavy atom. The molecule has 2 aliphatic rings. The molecular formula is C20H29FN2O2. The van der Waals surface area contributed by atoms with Gasteiger partial charge in [-0.05, 0) is 50.3 Å². The maximum absolute atomic E-state index is 13.7. The summed E-state index contributed by atoms with van der Waals surface area (Å²) in [5, 5.41) is 6.54. The monoisotopic (exact) mass is 348 g/mol. The molecule has 25 heavy (non-hydrogen) atoms. The van der Waals surface area contributed by atoms with E-state index in [1.807, 2.05) is 13.0 Å². The summed E-state index contributed by atoms with van der Waals surface area (Å²) in [4.78, 5) is 12.4. The molecule has 0 unspecified atom stereocenters. The zero-order valence-corrected chi connectivity index (χ0v) is 15.0. The summed E-state index contributed by atoms with van der Waals surface area (Å²) < 4.78 is 19.2. The van der Waals surface area contributed by atoms with Gasteiger partial charge in [-0.2, -0.15) is 0 Å². The van der Waals surface area contributed by atoms with Gasteiger partial charge in [0.05, 0.1) is 6.04 Å². The van der Waals surface area contributed by atoms with Gasteiger partial charge in [0.15, 0.2) is 0 Å². The Morgan fingerprint density at radius 1 is 1.32 bits per heavy atom. The lowest BCUT2D eigenvalue weighted by Gasteiger charge is -2.38. The number of carbonyl (C=O) groups excluding carboxylic acids is 1. The first-order valence-electron chi connectivity index (χ1n) is 9.47. The maximum atomic E-state index is 13.7. The molecule has 2 N–H and O–H groups in total. The molecule has 0 aromatic heterocycles. The van der Waals surface area contributed by atoms with E-state index in [0.29, 0.717) is 25.8 Å². The predicted octanol–water partition coefficient (Wildman–Crippen LogP) is 2.91. The van der Waals surface area contributed by atoms with Crippen LogP contribution in [0.4, 0.5) is 4.39 Å². The second kappa shape index (κ2) is 8.28. The number of carbonyl (C=O) groups is 1. The van der Waals surface area contributed by atoms with E-state index in [2.05, 4.69) is 10.6 Å². The molecule has 1 saturated carbocycles. The van der Waals surface area contributed by atoms with Gasteiger partial charge < -0.3 is 15.4 Å². The number of hydrogen-bond acceptors (Lipinski definition) is 3. The second-order valence-corrected chi connectivity index (χ2v) is 7.50. The van der Waals surface area contributed by atoms with Gasteiger partial charge in [-0.15, -0.1) is 0 Å². The molecule has 138 valence electrons. The van der Waals surface area contributed by atoms with E-state index >= 15 is 0 Å². The van der Waals surface area contributed by atoms with Gasteiger partial charge in [-0.25, -0.2) is 4.39 Å². The van der Waals surface area contributed by atoms with Crippen molar-refractivity contribution in [1.82, 2.24) is 10.6 Å². The summed E-state index contributed by atoms with van der Waals surface area (Å²) in [7, 11) is 0. The van der Waals surface area contributed by atoms with Crippen LogP contribution in [-0.2, 0) is 14.9 Å². The highest BCUT2D eigenvalue weighted by molar-refractivity contribution is 5.81. The largest absolute Gasteiger partial charge is 0.381 e. The van der Waals surface area contributed by atoms with Gasteiger partial charge in [0.2, 0.25) is 5.91 Å². The Morgan fingerprint density at radius 3 is 2.72 bits per heavy atom. The fraction of sp³-hybridized carbons (Fsp3) is 0.650. The SMILES string of the molecule is C[C@H](NCC1(c2cccc(F)c2)CCOCC1)C(=O)NC1CCCC1. The maximum Gasteiger partial charge on any atom is 0.237 e. The molecule has 1 aliphatic carbocycles. The van der Waals surface area contributed by atoms with Crippen molar-refractivity contribution in [3.8, 4) is 0 Å². The molecule has 5 heteroatoms. The summed E-state index contributed by atoms with van der Waals surface area (Å²) >= 11 is 0. The molecule has 1 heterocycles. The Hall–Kier alpha value is -1.46. The minimum absolute atomic E-state index is 0.0633. The van der Waals surface area contributed by atoms with Gasteiger partial charge >= 0.3 is 0 Å². The quantitative estimate of drug-likeness (QED) is 0.831. The Kier molecular flexibility index (Phi) is 6.07. The average Bonchev–Trinajstić information content (AvgIpc) is 3.13. The lowest BCUT2D eigenvalue weighted by Crippen LogP contribution is -2.51. The van der Waals surface area contributed by atoms with Crippen molar-refractivity contribution in [3.05, 3.63) is 35.6 Å². The van der Waals surface area contributed by atoms with Crippen LogP contribution in [0, 0.1) is 5.82 Å². The van der Waals surface area contributed by atoms with Crippen molar-refractivity contribution in [1.29, 1.82) is 0 Å². The normalized spacial score (nSPS) is 21.8. The number of hydrogen-bond donors (Lipinski definition) is 2. The van der Waals surface area contributed by atoms with Crippen LogP contribution in [0.2, 0.25) is 0 Å². The van der Waals surface area contributed by atoms with Gasteiger partial charge in [-0.1, -0.05) is 25.0 Å². The molecule has 1 aliphatic heterocycles. The van der Waals surface area contributed by atoms with Crippen LogP contribution in [0.5, 0.6) is 0 Å². The number of nitrogens with one attached hydrogen (secondary N) is 2. The Balaban J connectivity index is 1.63. The third-order valence-corrected chi connectivity index (χ3v) is 5.73. The van der Waals surface area contributed by atoms with Crippen molar-refractivity contribution in [2.45, 2.75) is 62.9 Å². The lowest BCUT2D eigenvalue weighted by atomic mass is 9.74. The summed E-state index contributed by atoms with van der Waals surface area (Å²) in [5.74, 6) is -0.149. The minimum atomic E-state index is -0.256. The Bertz CT molecular complexity index is 581. The van der Waals surface area contributed by atoms with Gasteiger partial charge in [0.25, 0.3) is 0 Å². The smallest absolute Gasteiger partial charge is 0.237 e. The topological polar surface area (TPSA) is 50.4 Å². The first kappa shape index (κ1) is 18.3. The number of halogens is 1. The van der Waals surface area contributed by atoms with Crippen molar-refractivity contribution in [3.63, 3.8) is 0 Å². The molecule has 0 radical (unpaired) electrons. The van der Waals surface area contributed by atoms with Gasteiger partial charge in [-0.3, -0.25) is 4.79 Å². The highest BCUT2D eigenvalue weighted by atomic mass is 19.1. The highest BCUT2D eigenvalue weighted by Gasteiger charge is 2.35. The molecule has 1 saturated heterocycles. The molecule has 0 spiro atoms. The van der Waals surface area contributed by atoms with Crippen molar-refractivity contribution in [2.24, 2.45) is 0 Å². The van der Waals surface area contributed by atoms with Gasteiger partial charge in [0.1, 0.15) is 5.82 Å². The van der Waals surface area contributed by atoms with Crippen LogP contribution in [0.3, 0.4) is 0 Å². The molecule has 4 nitrogen and oxygen atoms in total. The summed E-state index contributed by atoms with van der Waals surface area (Å²) in [6, 6.07) is 6.92.